The number of aryl methyl sites for hydroxylation is 2. The lowest BCUT2D eigenvalue weighted by molar-refractivity contribution is 0.210. The molecule has 0 bridgehead atoms. The second kappa shape index (κ2) is 6.20. The van der Waals surface area contributed by atoms with E-state index in [1.807, 2.05) is 18.7 Å². The van der Waals surface area contributed by atoms with Crippen molar-refractivity contribution >= 4 is 5.69 Å². The number of nitrogens with zero attached hydrogens (tertiary/aromatic N) is 2. The third-order valence-electron chi connectivity index (χ3n) is 4.06. The molecule has 0 amide bonds. The summed E-state index contributed by atoms with van der Waals surface area (Å²) in [4.78, 5) is 0. The van der Waals surface area contributed by atoms with Gasteiger partial charge in [-0.2, -0.15) is 5.10 Å². The molecule has 2 aromatic rings. The van der Waals surface area contributed by atoms with E-state index in [1.165, 1.54) is 31.2 Å². The minimum Gasteiger partial charge on any atom is -0.490 e. The van der Waals surface area contributed by atoms with Gasteiger partial charge in [-0.25, -0.2) is 0 Å². The van der Waals surface area contributed by atoms with E-state index in [4.69, 9.17) is 4.74 Å². The molecule has 0 saturated heterocycles. The van der Waals surface area contributed by atoms with Crippen LogP contribution in [0, 0.1) is 6.92 Å². The lowest BCUT2D eigenvalue weighted by Gasteiger charge is -2.13. The van der Waals surface area contributed by atoms with Crippen LogP contribution in [0.1, 0.15) is 36.9 Å². The number of nitrogens with one attached hydrogen (secondary N) is 1. The zero-order valence-electron chi connectivity index (χ0n) is 12.8. The summed E-state index contributed by atoms with van der Waals surface area (Å²) in [5.74, 6) is 0.977. The summed E-state index contributed by atoms with van der Waals surface area (Å²) in [5, 5.41) is 7.78. The van der Waals surface area contributed by atoms with Gasteiger partial charge < -0.3 is 10.1 Å². The van der Waals surface area contributed by atoms with Crippen molar-refractivity contribution in [2.45, 2.75) is 45.3 Å². The van der Waals surface area contributed by atoms with Gasteiger partial charge in [0.05, 0.1) is 11.8 Å². The number of ether oxygens (including phenoxy) is 1. The number of rotatable bonds is 5. The zero-order chi connectivity index (χ0) is 14.7. The van der Waals surface area contributed by atoms with E-state index in [0.29, 0.717) is 6.10 Å². The van der Waals surface area contributed by atoms with Crippen LogP contribution in [0.2, 0.25) is 0 Å². The molecule has 0 aliphatic heterocycles. The Morgan fingerprint density at radius 1 is 1.24 bits per heavy atom. The van der Waals surface area contributed by atoms with E-state index in [9.17, 15) is 0 Å². The fourth-order valence-electron chi connectivity index (χ4n) is 2.87. The van der Waals surface area contributed by atoms with Gasteiger partial charge in [0.2, 0.25) is 0 Å². The van der Waals surface area contributed by atoms with Gasteiger partial charge >= 0.3 is 0 Å². The Bertz CT molecular complexity index is 583. The minimum absolute atomic E-state index is 0.418. The van der Waals surface area contributed by atoms with Gasteiger partial charge in [-0.05, 0) is 56.9 Å². The molecular formula is C17H23N3O. The first kappa shape index (κ1) is 14.0. The van der Waals surface area contributed by atoms with Gasteiger partial charge in [0.1, 0.15) is 5.75 Å². The molecule has 3 rings (SSSR count). The van der Waals surface area contributed by atoms with Crippen molar-refractivity contribution in [2.75, 3.05) is 5.32 Å². The molecule has 4 heteroatoms. The molecule has 1 heterocycles. The lowest BCUT2D eigenvalue weighted by Crippen LogP contribution is -2.10. The first-order valence-corrected chi connectivity index (χ1v) is 7.70. The Balaban J connectivity index is 1.55. The molecule has 1 aromatic carbocycles. The summed E-state index contributed by atoms with van der Waals surface area (Å²) >= 11 is 0. The van der Waals surface area contributed by atoms with Gasteiger partial charge in [0, 0.05) is 31.0 Å². The Hall–Kier alpha value is -1.97. The topological polar surface area (TPSA) is 39.1 Å². The smallest absolute Gasteiger partial charge is 0.119 e. The third-order valence-corrected chi connectivity index (χ3v) is 4.06. The predicted octanol–water partition coefficient (Wildman–Crippen LogP) is 3.66. The predicted molar refractivity (Wildman–Crippen MR) is 84.6 cm³/mol. The number of hydrogen-bond acceptors (Lipinski definition) is 3. The molecule has 0 spiro atoms. The average molecular weight is 285 g/mol. The van der Waals surface area contributed by atoms with Crippen LogP contribution < -0.4 is 10.1 Å². The van der Waals surface area contributed by atoms with Crippen molar-refractivity contribution < 1.29 is 4.74 Å². The lowest BCUT2D eigenvalue weighted by atomic mass is 10.2. The van der Waals surface area contributed by atoms with Crippen LogP contribution in [-0.2, 0) is 13.6 Å². The summed E-state index contributed by atoms with van der Waals surface area (Å²) in [5.41, 5.74) is 3.41. The van der Waals surface area contributed by atoms with E-state index >= 15 is 0 Å². The van der Waals surface area contributed by atoms with Gasteiger partial charge in [-0.1, -0.05) is 0 Å². The molecule has 4 nitrogen and oxygen atoms in total. The molecule has 1 saturated carbocycles. The van der Waals surface area contributed by atoms with Crippen LogP contribution in [0.5, 0.6) is 5.75 Å². The Morgan fingerprint density at radius 2 is 1.95 bits per heavy atom. The van der Waals surface area contributed by atoms with E-state index in [2.05, 4.69) is 40.9 Å². The maximum atomic E-state index is 5.97. The molecule has 0 radical (unpaired) electrons. The van der Waals surface area contributed by atoms with Gasteiger partial charge in [-0.3, -0.25) is 4.68 Å². The monoisotopic (exact) mass is 285 g/mol. The molecular weight excluding hydrogens is 262 g/mol. The van der Waals surface area contributed by atoms with Crippen molar-refractivity contribution in [2.24, 2.45) is 7.05 Å². The first-order valence-electron chi connectivity index (χ1n) is 7.70. The van der Waals surface area contributed by atoms with Crippen molar-refractivity contribution in [3.63, 3.8) is 0 Å². The maximum Gasteiger partial charge on any atom is 0.119 e. The first-order chi connectivity index (χ1) is 10.2. The quantitative estimate of drug-likeness (QED) is 0.911. The van der Waals surface area contributed by atoms with Crippen LogP contribution in [0.25, 0.3) is 0 Å². The van der Waals surface area contributed by atoms with Crippen molar-refractivity contribution in [1.82, 2.24) is 9.78 Å². The molecule has 1 aliphatic carbocycles. The standard InChI is InChI=1S/C17H23N3O/c1-13-14(12-20(2)19-13)11-18-15-7-9-17(10-8-15)21-16-5-3-4-6-16/h7-10,12,16,18H,3-6,11H2,1-2H3. The van der Waals surface area contributed by atoms with E-state index < -0.39 is 0 Å². The summed E-state index contributed by atoms with van der Waals surface area (Å²) in [6.07, 6.45) is 7.46. The van der Waals surface area contributed by atoms with Crippen LogP contribution in [0.4, 0.5) is 5.69 Å². The number of aromatic nitrogens is 2. The van der Waals surface area contributed by atoms with Crippen LogP contribution in [-0.4, -0.2) is 15.9 Å². The summed E-state index contributed by atoms with van der Waals surface area (Å²) < 4.78 is 7.83. The highest BCUT2D eigenvalue weighted by atomic mass is 16.5. The van der Waals surface area contributed by atoms with E-state index in [1.54, 1.807) is 0 Å². The molecule has 1 aliphatic rings. The number of benzene rings is 1. The van der Waals surface area contributed by atoms with Crippen LogP contribution >= 0.6 is 0 Å². The van der Waals surface area contributed by atoms with Gasteiger partial charge in [0.25, 0.3) is 0 Å². The van der Waals surface area contributed by atoms with Crippen LogP contribution in [0.15, 0.2) is 30.5 Å². The van der Waals surface area contributed by atoms with Gasteiger partial charge in [-0.15, -0.1) is 0 Å². The van der Waals surface area contributed by atoms with E-state index in [0.717, 1.165) is 23.7 Å². The fourth-order valence-corrected chi connectivity index (χ4v) is 2.87. The summed E-state index contributed by atoms with van der Waals surface area (Å²) in [6, 6.07) is 8.26. The number of hydrogen-bond donors (Lipinski definition) is 1. The van der Waals surface area contributed by atoms with Crippen molar-refractivity contribution in [3.05, 3.63) is 41.7 Å². The number of anilines is 1. The molecule has 0 unspecified atom stereocenters. The second-order valence-electron chi connectivity index (χ2n) is 5.82. The fraction of sp³-hybridized carbons (Fsp3) is 0.471. The SMILES string of the molecule is Cc1nn(C)cc1CNc1ccc(OC2CCCC2)cc1. The Kier molecular flexibility index (Phi) is 4.13. The molecule has 112 valence electrons. The highest BCUT2D eigenvalue weighted by molar-refractivity contribution is 5.47. The molecule has 1 fully saturated rings. The highest BCUT2D eigenvalue weighted by Gasteiger charge is 2.16. The van der Waals surface area contributed by atoms with Gasteiger partial charge in [0.15, 0.2) is 0 Å². The minimum atomic E-state index is 0.418. The molecule has 1 N–H and O–H groups in total. The maximum absolute atomic E-state index is 5.97. The molecule has 1 aromatic heterocycles. The van der Waals surface area contributed by atoms with Crippen molar-refractivity contribution in [3.8, 4) is 5.75 Å². The van der Waals surface area contributed by atoms with Crippen molar-refractivity contribution in [1.29, 1.82) is 0 Å². The molecule has 21 heavy (non-hydrogen) atoms. The summed E-state index contributed by atoms with van der Waals surface area (Å²) in [6.45, 7) is 2.83. The second-order valence-corrected chi connectivity index (χ2v) is 5.82. The summed E-state index contributed by atoms with van der Waals surface area (Å²) in [7, 11) is 1.95. The average Bonchev–Trinajstić information content (AvgIpc) is 3.08. The Morgan fingerprint density at radius 3 is 2.57 bits per heavy atom. The largest absolute Gasteiger partial charge is 0.490 e. The normalized spacial score (nSPS) is 15.3. The zero-order valence-corrected chi connectivity index (χ0v) is 12.8. The highest BCUT2D eigenvalue weighted by Crippen LogP contribution is 2.25. The third kappa shape index (κ3) is 3.57. The molecule has 0 atom stereocenters. The van der Waals surface area contributed by atoms with Crippen LogP contribution in [0.3, 0.4) is 0 Å². The van der Waals surface area contributed by atoms with E-state index in [-0.39, 0.29) is 0 Å². The Labute approximate surface area is 126 Å².